The Hall–Kier alpha value is -0.610. The lowest BCUT2D eigenvalue weighted by Gasteiger charge is -2.24. The van der Waals surface area contributed by atoms with E-state index in [2.05, 4.69) is 0 Å². The highest BCUT2D eigenvalue weighted by atomic mass is 16.4. The zero-order valence-electron chi connectivity index (χ0n) is 8.10. The van der Waals surface area contributed by atoms with Crippen LogP contribution in [0.25, 0.3) is 0 Å². The van der Waals surface area contributed by atoms with E-state index in [9.17, 15) is 4.79 Å². The Morgan fingerprint density at radius 2 is 2.31 bits per heavy atom. The molecule has 0 spiro atoms. The van der Waals surface area contributed by atoms with E-state index in [0.717, 1.165) is 13.0 Å². The van der Waals surface area contributed by atoms with Crippen molar-refractivity contribution in [1.82, 2.24) is 4.90 Å². The Morgan fingerprint density at radius 1 is 1.69 bits per heavy atom. The molecule has 1 saturated heterocycles. The van der Waals surface area contributed by atoms with Gasteiger partial charge in [-0.1, -0.05) is 6.92 Å². The van der Waals surface area contributed by atoms with Crippen LogP contribution < -0.4 is 0 Å². The first-order chi connectivity index (χ1) is 6.02. The van der Waals surface area contributed by atoms with Gasteiger partial charge in [-0.25, -0.2) is 0 Å². The molecule has 1 fully saturated rings. The van der Waals surface area contributed by atoms with Crippen molar-refractivity contribution in [3.8, 4) is 0 Å². The fourth-order valence-corrected chi connectivity index (χ4v) is 1.97. The Kier molecular flexibility index (Phi) is 3.27. The second-order valence-electron chi connectivity index (χ2n) is 3.89. The van der Waals surface area contributed by atoms with Gasteiger partial charge in [-0.05, 0) is 25.8 Å². The van der Waals surface area contributed by atoms with Gasteiger partial charge in [-0.15, -0.1) is 0 Å². The van der Waals surface area contributed by atoms with E-state index in [4.69, 9.17) is 10.2 Å². The third kappa shape index (κ3) is 2.42. The first-order valence-electron chi connectivity index (χ1n) is 4.67. The summed E-state index contributed by atoms with van der Waals surface area (Å²) in [5.41, 5.74) is 0. The molecule has 4 nitrogen and oxygen atoms in total. The van der Waals surface area contributed by atoms with E-state index in [1.165, 1.54) is 0 Å². The van der Waals surface area contributed by atoms with Crippen molar-refractivity contribution in [3.63, 3.8) is 0 Å². The number of rotatable bonds is 3. The molecule has 1 aliphatic rings. The van der Waals surface area contributed by atoms with Crippen LogP contribution in [0.4, 0.5) is 0 Å². The lowest BCUT2D eigenvalue weighted by molar-refractivity contribution is -0.143. The van der Waals surface area contributed by atoms with Crippen molar-refractivity contribution < 1.29 is 15.0 Å². The maximum atomic E-state index is 10.9. The molecule has 1 heterocycles. The normalized spacial score (nSPS) is 31.9. The SMILES string of the molecule is CC(O)CN1CCC(C)C1C(=O)O. The minimum atomic E-state index is -0.773. The van der Waals surface area contributed by atoms with E-state index < -0.39 is 18.1 Å². The molecule has 0 radical (unpaired) electrons. The van der Waals surface area contributed by atoms with Gasteiger partial charge in [-0.3, -0.25) is 9.69 Å². The van der Waals surface area contributed by atoms with Crippen LogP contribution in [0.15, 0.2) is 0 Å². The Bertz CT molecular complexity index is 193. The average Bonchev–Trinajstić information content (AvgIpc) is 2.30. The fraction of sp³-hybridized carbons (Fsp3) is 0.889. The molecule has 2 N–H and O–H groups in total. The van der Waals surface area contributed by atoms with Gasteiger partial charge in [0.1, 0.15) is 6.04 Å². The predicted molar refractivity (Wildman–Crippen MR) is 48.5 cm³/mol. The molecule has 0 saturated carbocycles. The number of carbonyl (C=O) groups is 1. The fourth-order valence-electron chi connectivity index (χ4n) is 1.97. The van der Waals surface area contributed by atoms with Gasteiger partial charge in [0.2, 0.25) is 0 Å². The van der Waals surface area contributed by atoms with Crippen LogP contribution >= 0.6 is 0 Å². The Labute approximate surface area is 78.2 Å². The van der Waals surface area contributed by atoms with Crippen LogP contribution in [-0.4, -0.2) is 46.3 Å². The largest absolute Gasteiger partial charge is 0.480 e. The molecule has 13 heavy (non-hydrogen) atoms. The van der Waals surface area contributed by atoms with E-state index in [-0.39, 0.29) is 5.92 Å². The number of β-amino-alcohol motifs (C(OH)–C–C–N with tert-alkyl or cyclic N) is 1. The van der Waals surface area contributed by atoms with Crippen LogP contribution in [0, 0.1) is 5.92 Å². The maximum absolute atomic E-state index is 10.9. The summed E-state index contributed by atoms with van der Waals surface area (Å²) in [6, 6.07) is -0.408. The molecular formula is C9H17NO3. The first-order valence-corrected chi connectivity index (χ1v) is 4.67. The van der Waals surface area contributed by atoms with Crippen molar-refractivity contribution in [2.45, 2.75) is 32.4 Å². The minimum Gasteiger partial charge on any atom is -0.480 e. The number of aliphatic hydroxyl groups excluding tert-OH is 1. The summed E-state index contributed by atoms with van der Waals surface area (Å²) in [7, 11) is 0. The van der Waals surface area contributed by atoms with Crippen LogP contribution in [0.1, 0.15) is 20.3 Å². The molecule has 1 aliphatic heterocycles. The smallest absolute Gasteiger partial charge is 0.321 e. The predicted octanol–water partition coefficient (Wildman–Crippen LogP) is 0.162. The molecule has 0 aromatic heterocycles. The Balaban J connectivity index is 2.59. The number of aliphatic carboxylic acids is 1. The molecule has 0 aromatic rings. The molecule has 3 unspecified atom stereocenters. The first kappa shape index (κ1) is 10.5. The van der Waals surface area contributed by atoms with Crippen molar-refractivity contribution in [2.24, 2.45) is 5.92 Å². The van der Waals surface area contributed by atoms with Gasteiger partial charge in [0.05, 0.1) is 6.10 Å². The number of carboxylic acid groups (broad SMARTS) is 1. The maximum Gasteiger partial charge on any atom is 0.321 e. The second kappa shape index (κ2) is 4.07. The molecule has 0 amide bonds. The lowest BCUT2D eigenvalue weighted by atomic mass is 10.0. The molecule has 1 rings (SSSR count). The number of hydrogen-bond acceptors (Lipinski definition) is 3. The van der Waals surface area contributed by atoms with E-state index in [1.54, 1.807) is 6.92 Å². The van der Waals surface area contributed by atoms with Gasteiger partial charge >= 0.3 is 5.97 Å². The molecule has 0 aromatic carbocycles. The van der Waals surface area contributed by atoms with Gasteiger partial charge in [0.15, 0.2) is 0 Å². The molecule has 0 bridgehead atoms. The molecular weight excluding hydrogens is 170 g/mol. The number of hydrogen-bond donors (Lipinski definition) is 2. The average molecular weight is 187 g/mol. The van der Waals surface area contributed by atoms with Crippen LogP contribution in [0.3, 0.4) is 0 Å². The van der Waals surface area contributed by atoms with Gasteiger partial charge in [0.25, 0.3) is 0 Å². The summed E-state index contributed by atoms with van der Waals surface area (Å²) in [5, 5.41) is 18.1. The molecule has 4 heteroatoms. The van der Waals surface area contributed by atoms with E-state index >= 15 is 0 Å². The summed E-state index contributed by atoms with van der Waals surface area (Å²) in [5.74, 6) is -0.582. The summed E-state index contributed by atoms with van der Waals surface area (Å²) < 4.78 is 0. The van der Waals surface area contributed by atoms with Crippen molar-refractivity contribution in [3.05, 3.63) is 0 Å². The highest BCUT2D eigenvalue weighted by Crippen LogP contribution is 2.23. The lowest BCUT2D eigenvalue weighted by Crippen LogP contribution is -2.42. The van der Waals surface area contributed by atoms with Crippen molar-refractivity contribution in [2.75, 3.05) is 13.1 Å². The minimum absolute atomic E-state index is 0.191. The topological polar surface area (TPSA) is 60.8 Å². The second-order valence-corrected chi connectivity index (χ2v) is 3.89. The summed E-state index contributed by atoms with van der Waals surface area (Å²) in [6.45, 7) is 4.87. The van der Waals surface area contributed by atoms with Crippen LogP contribution in [0.2, 0.25) is 0 Å². The zero-order valence-corrected chi connectivity index (χ0v) is 8.10. The van der Waals surface area contributed by atoms with Gasteiger partial charge in [-0.2, -0.15) is 0 Å². The van der Waals surface area contributed by atoms with Gasteiger partial charge < -0.3 is 10.2 Å². The zero-order chi connectivity index (χ0) is 10.0. The van der Waals surface area contributed by atoms with Crippen LogP contribution in [0.5, 0.6) is 0 Å². The quantitative estimate of drug-likeness (QED) is 0.661. The summed E-state index contributed by atoms with van der Waals surface area (Å²) >= 11 is 0. The van der Waals surface area contributed by atoms with Crippen molar-refractivity contribution in [1.29, 1.82) is 0 Å². The molecule has 0 aliphatic carbocycles. The van der Waals surface area contributed by atoms with E-state index in [1.807, 2.05) is 11.8 Å². The van der Waals surface area contributed by atoms with E-state index in [0.29, 0.717) is 6.54 Å². The summed E-state index contributed by atoms with van der Waals surface area (Å²) in [4.78, 5) is 12.7. The van der Waals surface area contributed by atoms with Crippen LogP contribution in [-0.2, 0) is 4.79 Å². The number of likely N-dealkylation sites (tertiary alicyclic amines) is 1. The standard InChI is InChI=1S/C9H17NO3/c1-6-3-4-10(5-7(2)11)8(6)9(12)13/h6-8,11H,3-5H2,1-2H3,(H,12,13). The molecule has 76 valence electrons. The monoisotopic (exact) mass is 187 g/mol. The Morgan fingerprint density at radius 3 is 2.77 bits per heavy atom. The third-order valence-electron chi connectivity index (χ3n) is 2.56. The highest BCUT2D eigenvalue weighted by Gasteiger charge is 2.36. The number of nitrogens with zero attached hydrogens (tertiary/aromatic N) is 1. The molecule has 3 atom stereocenters. The highest BCUT2D eigenvalue weighted by molar-refractivity contribution is 5.74. The van der Waals surface area contributed by atoms with Gasteiger partial charge in [0, 0.05) is 6.54 Å². The summed E-state index contributed by atoms with van der Waals surface area (Å²) in [6.07, 6.45) is 0.455. The third-order valence-corrected chi connectivity index (χ3v) is 2.56. The van der Waals surface area contributed by atoms with Crippen molar-refractivity contribution >= 4 is 5.97 Å². The number of aliphatic hydroxyl groups is 1. The number of carboxylic acids is 1.